The lowest BCUT2D eigenvalue weighted by molar-refractivity contribution is 0.487. The van der Waals surface area contributed by atoms with E-state index in [1.54, 1.807) is 0 Å². The zero-order chi connectivity index (χ0) is 11.8. The zero-order valence-electron chi connectivity index (χ0n) is 10.4. The fourth-order valence-corrected chi connectivity index (χ4v) is 1.42. The van der Waals surface area contributed by atoms with E-state index in [2.05, 4.69) is 34.7 Å². The molecular formula is C11H22N4O. The molecule has 1 heterocycles. The summed E-state index contributed by atoms with van der Waals surface area (Å²) in [5.74, 6) is 1.40. The van der Waals surface area contributed by atoms with E-state index in [4.69, 9.17) is 4.42 Å². The molecule has 92 valence electrons. The van der Waals surface area contributed by atoms with Crippen LogP contribution in [0.4, 0.5) is 6.01 Å². The van der Waals surface area contributed by atoms with Crippen LogP contribution in [0.15, 0.2) is 4.42 Å². The Kier molecular flexibility index (Phi) is 5.85. The van der Waals surface area contributed by atoms with Gasteiger partial charge in [0.1, 0.15) is 0 Å². The Morgan fingerprint density at radius 1 is 1.25 bits per heavy atom. The Labute approximate surface area is 97.0 Å². The first kappa shape index (κ1) is 13.0. The van der Waals surface area contributed by atoms with Gasteiger partial charge in [-0.1, -0.05) is 31.8 Å². The molecule has 5 heteroatoms. The van der Waals surface area contributed by atoms with E-state index in [9.17, 15) is 0 Å². The van der Waals surface area contributed by atoms with Gasteiger partial charge in [-0.25, -0.2) is 0 Å². The molecule has 0 amide bonds. The first-order chi connectivity index (χ1) is 7.72. The molecule has 0 aliphatic heterocycles. The van der Waals surface area contributed by atoms with E-state index < -0.39 is 0 Å². The second-order valence-corrected chi connectivity index (χ2v) is 4.35. The Morgan fingerprint density at radius 2 is 2.06 bits per heavy atom. The molecule has 0 aromatic carbocycles. The average molecular weight is 226 g/mol. The first-order valence-electron chi connectivity index (χ1n) is 5.93. The molecule has 16 heavy (non-hydrogen) atoms. The molecule has 1 aromatic rings. The van der Waals surface area contributed by atoms with E-state index >= 15 is 0 Å². The van der Waals surface area contributed by atoms with E-state index in [0.29, 0.717) is 18.5 Å². The van der Waals surface area contributed by atoms with Gasteiger partial charge in [0.15, 0.2) is 0 Å². The van der Waals surface area contributed by atoms with Crippen molar-refractivity contribution in [1.29, 1.82) is 0 Å². The van der Waals surface area contributed by atoms with E-state index in [1.165, 1.54) is 12.8 Å². The highest BCUT2D eigenvalue weighted by molar-refractivity contribution is 5.16. The topological polar surface area (TPSA) is 63.0 Å². The van der Waals surface area contributed by atoms with Crippen LogP contribution in [0.1, 0.15) is 39.0 Å². The number of unbranched alkanes of at least 4 members (excludes halogenated alkanes) is 1. The molecule has 5 nitrogen and oxygen atoms in total. The van der Waals surface area contributed by atoms with Crippen molar-refractivity contribution in [2.24, 2.45) is 5.92 Å². The molecule has 0 spiro atoms. The van der Waals surface area contributed by atoms with Crippen molar-refractivity contribution in [2.75, 3.05) is 18.9 Å². The molecule has 1 rings (SSSR count). The molecule has 0 atom stereocenters. The van der Waals surface area contributed by atoms with Crippen LogP contribution in [0.2, 0.25) is 0 Å². The van der Waals surface area contributed by atoms with Crippen LogP contribution < -0.4 is 10.6 Å². The molecule has 0 bridgehead atoms. The lowest BCUT2D eigenvalue weighted by atomic mass is 10.1. The number of aromatic nitrogens is 2. The van der Waals surface area contributed by atoms with Gasteiger partial charge in [-0.05, 0) is 19.4 Å². The summed E-state index contributed by atoms with van der Waals surface area (Å²) in [5.41, 5.74) is 0. The zero-order valence-corrected chi connectivity index (χ0v) is 10.4. The van der Waals surface area contributed by atoms with Gasteiger partial charge < -0.3 is 15.1 Å². The number of nitrogens with zero attached hydrogens (tertiary/aromatic N) is 2. The summed E-state index contributed by atoms with van der Waals surface area (Å²) in [5, 5.41) is 13.9. The highest BCUT2D eigenvalue weighted by Gasteiger charge is 2.03. The van der Waals surface area contributed by atoms with Gasteiger partial charge >= 0.3 is 6.01 Å². The van der Waals surface area contributed by atoms with Crippen molar-refractivity contribution in [1.82, 2.24) is 15.5 Å². The van der Waals surface area contributed by atoms with Crippen molar-refractivity contribution in [3.63, 3.8) is 0 Å². The van der Waals surface area contributed by atoms with Crippen LogP contribution in [0.5, 0.6) is 0 Å². The monoisotopic (exact) mass is 226 g/mol. The second-order valence-electron chi connectivity index (χ2n) is 4.35. The van der Waals surface area contributed by atoms with Crippen LogP contribution in [0.25, 0.3) is 0 Å². The average Bonchev–Trinajstić information content (AvgIpc) is 2.65. The Balaban J connectivity index is 2.12. The SMILES string of the molecule is CNCc1nnc(NCCCCC(C)C)o1. The van der Waals surface area contributed by atoms with Crippen LogP contribution in [0.3, 0.4) is 0 Å². The van der Waals surface area contributed by atoms with Crippen LogP contribution in [-0.2, 0) is 6.54 Å². The van der Waals surface area contributed by atoms with Gasteiger partial charge in [0.2, 0.25) is 5.89 Å². The van der Waals surface area contributed by atoms with Crippen LogP contribution in [-0.4, -0.2) is 23.8 Å². The van der Waals surface area contributed by atoms with Crippen LogP contribution in [0, 0.1) is 5.92 Å². The minimum Gasteiger partial charge on any atom is -0.407 e. The third-order valence-electron chi connectivity index (χ3n) is 2.28. The lowest BCUT2D eigenvalue weighted by Gasteiger charge is -2.04. The molecule has 0 aliphatic rings. The van der Waals surface area contributed by atoms with E-state index in [0.717, 1.165) is 18.9 Å². The summed E-state index contributed by atoms with van der Waals surface area (Å²) < 4.78 is 5.36. The van der Waals surface area contributed by atoms with Gasteiger partial charge in [0, 0.05) is 6.54 Å². The normalized spacial score (nSPS) is 11.0. The van der Waals surface area contributed by atoms with E-state index in [-0.39, 0.29) is 0 Å². The Bertz CT molecular complexity index is 285. The maximum Gasteiger partial charge on any atom is 0.315 e. The van der Waals surface area contributed by atoms with Gasteiger partial charge in [-0.2, -0.15) is 0 Å². The molecule has 0 unspecified atom stereocenters. The van der Waals surface area contributed by atoms with Crippen molar-refractivity contribution in [2.45, 2.75) is 39.7 Å². The second kappa shape index (κ2) is 7.22. The fraction of sp³-hybridized carbons (Fsp3) is 0.818. The third kappa shape index (κ3) is 5.11. The first-order valence-corrected chi connectivity index (χ1v) is 5.93. The Hall–Kier alpha value is -1.10. The van der Waals surface area contributed by atoms with Crippen molar-refractivity contribution < 1.29 is 4.42 Å². The van der Waals surface area contributed by atoms with Gasteiger partial charge in [0.25, 0.3) is 0 Å². The highest BCUT2D eigenvalue weighted by atomic mass is 16.4. The fourth-order valence-electron chi connectivity index (χ4n) is 1.42. The summed E-state index contributed by atoms with van der Waals surface area (Å²) in [6.07, 6.45) is 3.65. The number of nitrogens with one attached hydrogen (secondary N) is 2. The maximum absolute atomic E-state index is 5.36. The third-order valence-corrected chi connectivity index (χ3v) is 2.28. The predicted molar refractivity (Wildman–Crippen MR) is 64.2 cm³/mol. The van der Waals surface area contributed by atoms with Crippen molar-refractivity contribution in [3.8, 4) is 0 Å². The van der Waals surface area contributed by atoms with Crippen molar-refractivity contribution in [3.05, 3.63) is 5.89 Å². The molecule has 0 saturated carbocycles. The maximum atomic E-state index is 5.36. The molecular weight excluding hydrogens is 204 g/mol. The standard InChI is InChI=1S/C11H22N4O/c1-9(2)6-4-5-7-13-11-15-14-10(16-11)8-12-3/h9,12H,4-8H2,1-3H3,(H,13,15). The summed E-state index contributed by atoms with van der Waals surface area (Å²) in [6.45, 7) is 6.00. The molecule has 0 radical (unpaired) electrons. The van der Waals surface area contributed by atoms with Gasteiger partial charge in [-0.3, -0.25) is 0 Å². The largest absolute Gasteiger partial charge is 0.407 e. The quantitative estimate of drug-likeness (QED) is 0.664. The number of anilines is 1. The lowest BCUT2D eigenvalue weighted by Crippen LogP contribution is -2.05. The molecule has 0 fully saturated rings. The number of hydrogen-bond acceptors (Lipinski definition) is 5. The highest BCUT2D eigenvalue weighted by Crippen LogP contribution is 2.08. The van der Waals surface area contributed by atoms with Gasteiger partial charge in [-0.15, -0.1) is 5.10 Å². The van der Waals surface area contributed by atoms with Gasteiger partial charge in [0.05, 0.1) is 6.54 Å². The summed E-state index contributed by atoms with van der Waals surface area (Å²) in [4.78, 5) is 0. The van der Waals surface area contributed by atoms with Crippen LogP contribution >= 0.6 is 0 Å². The number of hydrogen-bond donors (Lipinski definition) is 2. The predicted octanol–water partition coefficient (Wildman–Crippen LogP) is 2.03. The molecule has 0 aliphatic carbocycles. The smallest absolute Gasteiger partial charge is 0.315 e. The summed E-state index contributed by atoms with van der Waals surface area (Å²) in [6, 6.07) is 0.523. The molecule has 2 N–H and O–H groups in total. The van der Waals surface area contributed by atoms with E-state index in [1.807, 2.05) is 7.05 Å². The number of rotatable bonds is 8. The Morgan fingerprint density at radius 3 is 2.75 bits per heavy atom. The minimum atomic E-state index is 0.523. The molecule has 1 aromatic heterocycles. The van der Waals surface area contributed by atoms with Crippen molar-refractivity contribution >= 4 is 6.01 Å². The minimum absolute atomic E-state index is 0.523. The summed E-state index contributed by atoms with van der Waals surface area (Å²) in [7, 11) is 1.85. The molecule has 0 saturated heterocycles. The summed E-state index contributed by atoms with van der Waals surface area (Å²) >= 11 is 0.